The average Bonchev–Trinajstić information content (AvgIpc) is 1.88. The molecule has 0 heterocycles. The van der Waals surface area contributed by atoms with Gasteiger partial charge in [-0.25, -0.2) is 13.3 Å². The Balaban J connectivity index is 3.91. The molecule has 0 aromatic rings. The molecule has 0 fully saturated rings. The first kappa shape index (κ1) is 11.0. The topological polar surface area (TPSA) is 44.8 Å². The van der Waals surface area contributed by atoms with Gasteiger partial charge in [0.15, 0.2) is 13.7 Å². The number of phosphoric acid groups is 1. The Hall–Kier alpha value is -0.0300. The summed E-state index contributed by atoms with van der Waals surface area (Å²) in [5.41, 5.74) is 0. The molecule has 4 nitrogen and oxygen atoms in total. The zero-order valence-corrected chi connectivity index (χ0v) is 6.85. The van der Waals surface area contributed by atoms with Crippen LogP contribution in [0.25, 0.3) is 0 Å². The minimum atomic E-state index is -3.97. The van der Waals surface area contributed by atoms with Crippen molar-refractivity contribution in [2.75, 3.05) is 20.3 Å². The van der Waals surface area contributed by atoms with Crippen LogP contribution in [0.2, 0.25) is 0 Å². The van der Waals surface area contributed by atoms with Gasteiger partial charge in [-0.1, -0.05) is 0 Å². The SMILES string of the molecule is CCOP(=O)(OCF)OCF. The van der Waals surface area contributed by atoms with Crippen molar-refractivity contribution in [3.8, 4) is 0 Å². The first-order chi connectivity index (χ1) is 5.18. The minimum absolute atomic E-state index is 0.00270. The highest BCUT2D eigenvalue weighted by molar-refractivity contribution is 7.48. The van der Waals surface area contributed by atoms with Crippen molar-refractivity contribution in [3.63, 3.8) is 0 Å². The number of phosphoric ester groups is 1. The first-order valence-corrected chi connectivity index (χ1v) is 4.30. The monoisotopic (exact) mass is 190 g/mol. The Labute approximate surface area is 63.1 Å². The van der Waals surface area contributed by atoms with Crippen LogP contribution in [0.5, 0.6) is 0 Å². The Morgan fingerprint density at radius 3 is 1.91 bits per heavy atom. The van der Waals surface area contributed by atoms with Crippen LogP contribution in [0.3, 0.4) is 0 Å². The predicted molar refractivity (Wildman–Crippen MR) is 33.4 cm³/mol. The molecule has 0 radical (unpaired) electrons. The van der Waals surface area contributed by atoms with Crippen LogP contribution < -0.4 is 0 Å². The third-order valence-corrected chi connectivity index (χ3v) is 2.10. The Bertz CT molecular complexity index is 118. The standard InChI is InChI=1S/C4H9F2O4P/c1-2-8-11(7,9-3-5)10-4-6/h2-4H2,1H3. The maximum absolute atomic E-state index is 11.5. The molecule has 0 aliphatic rings. The summed E-state index contributed by atoms with van der Waals surface area (Å²) in [5.74, 6) is 0. The van der Waals surface area contributed by atoms with Crippen molar-refractivity contribution in [1.29, 1.82) is 0 Å². The molecule has 0 rings (SSSR count). The fourth-order valence-electron chi connectivity index (χ4n) is 0.389. The van der Waals surface area contributed by atoms with Crippen molar-refractivity contribution in [2.24, 2.45) is 0 Å². The van der Waals surface area contributed by atoms with E-state index in [4.69, 9.17) is 0 Å². The second-order valence-corrected chi connectivity index (χ2v) is 3.01. The van der Waals surface area contributed by atoms with Crippen LogP contribution in [0.15, 0.2) is 0 Å². The molecular weight excluding hydrogens is 181 g/mol. The number of hydrogen-bond acceptors (Lipinski definition) is 4. The van der Waals surface area contributed by atoms with Gasteiger partial charge >= 0.3 is 7.82 Å². The lowest BCUT2D eigenvalue weighted by molar-refractivity contribution is 0.0581. The van der Waals surface area contributed by atoms with Gasteiger partial charge in [-0.2, -0.15) is 0 Å². The molecule has 0 aliphatic heterocycles. The summed E-state index contributed by atoms with van der Waals surface area (Å²) < 4.78 is 46.0. The average molecular weight is 190 g/mol. The van der Waals surface area contributed by atoms with Crippen molar-refractivity contribution >= 4 is 7.82 Å². The molecule has 0 unspecified atom stereocenters. The normalized spacial score (nSPS) is 11.9. The van der Waals surface area contributed by atoms with Crippen LogP contribution in [0, 0.1) is 0 Å². The first-order valence-electron chi connectivity index (χ1n) is 2.84. The van der Waals surface area contributed by atoms with Crippen molar-refractivity contribution in [3.05, 3.63) is 0 Å². The van der Waals surface area contributed by atoms with Crippen LogP contribution in [0.4, 0.5) is 8.78 Å². The smallest absolute Gasteiger partial charge is 0.287 e. The molecule has 0 spiro atoms. The van der Waals surface area contributed by atoms with E-state index in [1.54, 1.807) is 0 Å². The quantitative estimate of drug-likeness (QED) is 0.601. The molecule has 11 heavy (non-hydrogen) atoms. The number of rotatable bonds is 6. The van der Waals surface area contributed by atoms with Gasteiger partial charge in [-0.15, -0.1) is 0 Å². The number of alkyl halides is 2. The van der Waals surface area contributed by atoms with Gasteiger partial charge in [0.2, 0.25) is 0 Å². The highest BCUT2D eigenvalue weighted by atomic mass is 31.2. The van der Waals surface area contributed by atoms with Crippen LogP contribution in [0.1, 0.15) is 6.92 Å². The van der Waals surface area contributed by atoms with Crippen LogP contribution >= 0.6 is 7.82 Å². The summed E-state index contributed by atoms with van der Waals surface area (Å²) in [5, 5.41) is 0. The van der Waals surface area contributed by atoms with Gasteiger partial charge in [0.05, 0.1) is 6.61 Å². The highest BCUT2D eigenvalue weighted by Gasteiger charge is 2.25. The lowest BCUT2D eigenvalue weighted by Gasteiger charge is -2.12. The second-order valence-electron chi connectivity index (χ2n) is 1.34. The molecule has 0 bridgehead atoms. The van der Waals surface area contributed by atoms with E-state index in [2.05, 4.69) is 13.6 Å². The van der Waals surface area contributed by atoms with E-state index in [1.165, 1.54) is 6.92 Å². The molecule has 0 aliphatic carbocycles. The molecule has 0 saturated heterocycles. The van der Waals surface area contributed by atoms with Crippen LogP contribution in [-0.4, -0.2) is 20.3 Å². The summed E-state index contributed by atoms with van der Waals surface area (Å²) >= 11 is 0. The second kappa shape index (κ2) is 5.60. The van der Waals surface area contributed by atoms with Gasteiger partial charge in [0.1, 0.15) is 0 Å². The zero-order chi connectivity index (χ0) is 8.74. The Kier molecular flexibility index (Phi) is 5.58. The molecule has 0 amide bonds. The van der Waals surface area contributed by atoms with E-state index in [9.17, 15) is 13.3 Å². The van der Waals surface area contributed by atoms with E-state index >= 15 is 0 Å². The number of hydrogen-bond donors (Lipinski definition) is 0. The lowest BCUT2D eigenvalue weighted by Crippen LogP contribution is -1.98. The molecule has 0 saturated carbocycles. The van der Waals surface area contributed by atoms with Gasteiger partial charge in [0, 0.05) is 0 Å². The molecule has 0 N–H and O–H groups in total. The predicted octanol–water partition coefficient (Wildman–Crippen LogP) is 2.02. The fourth-order valence-corrected chi connectivity index (χ4v) is 1.17. The van der Waals surface area contributed by atoms with E-state index < -0.39 is 21.5 Å². The summed E-state index contributed by atoms with van der Waals surface area (Å²) in [6, 6.07) is 0. The van der Waals surface area contributed by atoms with Gasteiger partial charge < -0.3 is 0 Å². The molecule has 7 heteroatoms. The van der Waals surface area contributed by atoms with Crippen LogP contribution in [-0.2, 0) is 18.1 Å². The molecular formula is C4H9F2O4P. The fraction of sp³-hybridized carbons (Fsp3) is 1.00. The van der Waals surface area contributed by atoms with E-state index in [-0.39, 0.29) is 6.61 Å². The third kappa shape index (κ3) is 4.42. The van der Waals surface area contributed by atoms with E-state index in [1.807, 2.05) is 0 Å². The summed E-state index contributed by atoms with van der Waals surface area (Å²) in [7, 11) is -3.97. The molecule has 0 aromatic heterocycles. The Morgan fingerprint density at radius 1 is 1.18 bits per heavy atom. The third-order valence-electron chi connectivity index (χ3n) is 0.701. The van der Waals surface area contributed by atoms with E-state index in [0.717, 1.165) is 0 Å². The highest BCUT2D eigenvalue weighted by Crippen LogP contribution is 2.49. The largest absolute Gasteiger partial charge is 0.479 e. The van der Waals surface area contributed by atoms with Crippen molar-refractivity contribution in [2.45, 2.75) is 6.92 Å². The lowest BCUT2D eigenvalue weighted by atomic mass is 10.9. The summed E-state index contributed by atoms with van der Waals surface area (Å²) in [6.45, 7) is -1.18. The van der Waals surface area contributed by atoms with Gasteiger partial charge in [-0.05, 0) is 6.92 Å². The van der Waals surface area contributed by atoms with Crippen molar-refractivity contribution < 1.29 is 26.9 Å². The molecule has 0 atom stereocenters. The zero-order valence-electron chi connectivity index (χ0n) is 5.96. The van der Waals surface area contributed by atoms with Gasteiger partial charge in [-0.3, -0.25) is 13.6 Å². The maximum atomic E-state index is 11.5. The number of halogens is 2. The van der Waals surface area contributed by atoms with Gasteiger partial charge in [0.25, 0.3) is 0 Å². The molecule has 0 aromatic carbocycles. The Morgan fingerprint density at radius 2 is 1.64 bits per heavy atom. The summed E-state index contributed by atoms with van der Waals surface area (Å²) in [4.78, 5) is 0. The van der Waals surface area contributed by atoms with Crippen molar-refractivity contribution in [1.82, 2.24) is 0 Å². The van der Waals surface area contributed by atoms with E-state index in [0.29, 0.717) is 0 Å². The molecule has 68 valence electrons. The maximum Gasteiger partial charge on any atom is 0.479 e. The summed E-state index contributed by atoms with van der Waals surface area (Å²) in [6.07, 6.45) is 0. The minimum Gasteiger partial charge on any atom is -0.287 e.